The number of carbonyl (C=O) groups excluding carboxylic acids is 2. The number of rotatable bonds is 8. The molecule has 0 atom stereocenters. The van der Waals surface area contributed by atoms with Gasteiger partial charge in [-0.15, -0.1) is 22.7 Å². The van der Waals surface area contributed by atoms with E-state index in [1.54, 1.807) is 36.4 Å². The third kappa shape index (κ3) is 7.53. The van der Waals surface area contributed by atoms with Crippen LogP contribution in [0, 0.1) is 25.5 Å². The fourth-order valence-corrected chi connectivity index (χ4v) is 9.69. The maximum absolute atomic E-state index is 14.6. The summed E-state index contributed by atoms with van der Waals surface area (Å²) in [5.41, 5.74) is 7.34. The van der Waals surface area contributed by atoms with Crippen molar-refractivity contribution in [3.63, 3.8) is 0 Å². The van der Waals surface area contributed by atoms with Crippen molar-refractivity contribution in [3.8, 4) is 21.7 Å². The van der Waals surface area contributed by atoms with E-state index >= 15 is 0 Å². The van der Waals surface area contributed by atoms with Crippen LogP contribution in [-0.4, -0.2) is 38.4 Å². The number of amides is 2. The van der Waals surface area contributed by atoms with E-state index in [2.05, 4.69) is 15.6 Å². The Morgan fingerprint density at radius 1 is 0.587 bits per heavy atom. The summed E-state index contributed by atoms with van der Waals surface area (Å²) in [6, 6.07) is 42.5. The summed E-state index contributed by atoms with van der Waals surface area (Å²) in [4.78, 5) is 51.9. The zero-order chi connectivity index (χ0) is 43.2. The number of hydrogen-bond donors (Lipinski definition) is 3. The lowest BCUT2D eigenvalue weighted by Crippen LogP contribution is -2.31. The number of benzene rings is 6. The minimum atomic E-state index is -0.398. The Hall–Kier alpha value is -7.74. The number of aliphatic imine (C=N–C) groups is 2. The second-order valence-electron chi connectivity index (χ2n) is 14.8. The Bertz CT molecular complexity index is 3390. The van der Waals surface area contributed by atoms with Gasteiger partial charge in [-0.25, -0.2) is 28.7 Å². The molecule has 63 heavy (non-hydrogen) atoms. The predicted octanol–water partition coefficient (Wildman–Crippen LogP) is 12.2. The minimum absolute atomic E-state index is 0.203. The van der Waals surface area contributed by atoms with E-state index in [4.69, 9.17) is 20.0 Å². The Labute approximate surface area is 367 Å². The van der Waals surface area contributed by atoms with Crippen molar-refractivity contribution in [2.24, 2.45) is 9.98 Å². The van der Waals surface area contributed by atoms with Gasteiger partial charge in [0.05, 0.1) is 31.6 Å². The first-order valence-corrected chi connectivity index (χ1v) is 21.5. The molecule has 9 aromatic rings. The largest absolute Gasteiger partial charge is 0.325 e. The van der Waals surface area contributed by atoms with Gasteiger partial charge in [0.15, 0.2) is 5.84 Å². The Morgan fingerprint density at radius 3 is 1.71 bits per heavy atom. The summed E-state index contributed by atoms with van der Waals surface area (Å²) in [5, 5.41) is 7.20. The number of fused-ring (bicyclic) bond motifs is 2. The maximum atomic E-state index is 14.6. The van der Waals surface area contributed by atoms with Crippen LogP contribution in [0.2, 0.25) is 0 Å². The van der Waals surface area contributed by atoms with E-state index in [0.717, 1.165) is 22.3 Å². The number of thiazole rings is 2. The quantitative estimate of drug-likeness (QED) is 0.141. The third-order valence-corrected chi connectivity index (χ3v) is 12.7. The highest BCUT2D eigenvalue weighted by molar-refractivity contribution is 7.21. The van der Waals surface area contributed by atoms with Gasteiger partial charge in [-0.2, -0.15) is 0 Å². The van der Waals surface area contributed by atoms with Gasteiger partial charge in [0, 0.05) is 22.3 Å². The van der Waals surface area contributed by atoms with E-state index in [1.165, 1.54) is 46.9 Å². The van der Waals surface area contributed by atoms with Crippen LogP contribution < -0.4 is 10.6 Å². The molecule has 0 saturated heterocycles. The van der Waals surface area contributed by atoms with Gasteiger partial charge in [-0.3, -0.25) is 9.59 Å². The fraction of sp³-hybridized carbons (Fsp3) is 0.0400. The van der Waals surface area contributed by atoms with Crippen LogP contribution in [0.25, 0.3) is 53.3 Å². The molecule has 0 unspecified atom stereocenters. The van der Waals surface area contributed by atoms with Crippen molar-refractivity contribution in [1.29, 1.82) is 0 Å². The first kappa shape index (κ1) is 39.4. The van der Waals surface area contributed by atoms with Crippen LogP contribution in [0.4, 0.5) is 20.4 Å². The molecule has 0 aliphatic carbocycles. The molecular weight excluding hydrogens is 833 g/mol. The van der Waals surface area contributed by atoms with E-state index in [0.29, 0.717) is 75.5 Å². The summed E-state index contributed by atoms with van der Waals surface area (Å²) in [7, 11) is 0. The second-order valence-corrected chi connectivity index (χ2v) is 16.8. The molecule has 0 spiro atoms. The van der Waals surface area contributed by atoms with E-state index in [9.17, 15) is 18.4 Å². The fourth-order valence-electron chi connectivity index (χ4n) is 7.60. The topological polar surface area (TPSA) is 124 Å². The van der Waals surface area contributed by atoms with Crippen LogP contribution in [0.5, 0.6) is 0 Å². The number of aryl methyl sites for hydroxylation is 2. The van der Waals surface area contributed by atoms with Crippen LogP contribution in [0.3, 0.4) is 0 Å². The van der Waals surface area contributed by atoms with Crippen molar-refractivity contribution >= 4 is 89.4 Å². The van der Waals surface area contributed by atoms with Gasteiger partial charge in [-0.1, -0.05) is 97.1 Å². The SMILES string of the molecule is Cc1ccccc1C(=O)NC1=NC(=Nc2[nH]c(NC(=O)c3ccccc3C)c(-c3nc4ccc(F)cc4s3)c2-c2ccccc2)C(c2ccccc2)=C1c1nc2ccc(F)cc2s1. The highest BCUT2D eigenvalue weighted by Crippen LogP contribution is 2.48. The molecule has 3 aromatic heterocycles. The Morgan fingerprint density at radius 2 is 1.11 bits per heavy atom. The molecule has 2 amide bonds. The van der Waals surface area contributed by atoms with Gasteiger partial charge >= 0.3 is 0 Å². The lowest BCUT2D eigenvalue weighted by atomic mass is 9.99. The van der Waals surface area contributed by atoms with Crippen molar-refractivity contribution in [3.05, 3.63) is 190 Å². The van der Waals surface area contributed by atoms with E-state index in [1.807, 2.05) is 98.8 Å². The Kier molecular flexibility index (Phi) is 10.2. The third-order valence-electron chi connectivity index (χ3n) is 10.6. The molecule has 9 nitrogen and oxygen atoms in total. The molecule has 0 radical (unpaired) electrons. The molecule has 3 N–H and O–H groups in total. The zero-order valence-electron chi connectivity index (χ0n) is 33.5. The number of amidine groups is 2. The van der Waals surface area contributed by atoms with Crippen molar-refractivity contribution < 1.29 is 18.4 Å². The molecule has 0 fully saturated rings. The number of halogens is 2. The molecular formula is C50H33F2N7O2S2. The van der Waals surface area contributed by atoms with Crippen LogP contribution in [0.1, 0.15) is 42.4 Å². The monoisotopic (exact) mass is 865 g/mol. The molecule has 306 valence electrons. The van der Waals surface area contributed by atoms with Gasteiger partial charge in [0.1, 0.15) is 39.1 Å². The van der Waals surface area contributed by atoms with Gasteiger partial charge < -0.3 is 15.6 Å². The van der Waals surface area contributed by atoms with Gasteiger partial charge in [0.2, 0.25) is 0 Å². The summed E-state index contributed by atoms with van der Waals surface area (Å²) in [5.74, 6) is -0.462. The number of aromatic amines is 1. The summed E-state index contributed by atoms with van der Waals surface area (Å²) in [6.45, 7) is 3.72. The predicted molar refractivity (Wildman–Crippen MR) is 250 cm³/mol. The van der Waals surface area contributed by atoms with Crippen molar-refractivity contribution in [1.82, 2.24) is 20.3 Å². The van der Waals surface area contributed by atoms with Crippen LogP contribution >= 0.6 is 22.7 Å². The molecule has 1 aliphatic heterocycles. The number of anilines is 1. The number of aromatic nitrogens is 3. The zero-order valence-corrected chi connectivity index (χ0v) is 35.2. The van der Waals surface area contributed by atoms with Crippen LogP contribution in [0.15, 0.2) is 156 Å². The van der Waals surface area contributed by atoms with Crippen molar-refractivity contribution in [2.45, 2.75) is 13.8 Å². The average Bonchev–Trinajstić information content (AvgIpc) is 4.07. The number of H-pyrrole nitrogens is 1. The first-order chi connectivity index (χ1) is 30.7. The molecule has 6 aromatic carbocycles. The second kappa shape index (κ2) is 16.3. The highest BCUT2D eigenvalue weighted by Gasteiger charge is 2.33. The van der Waals surface area contributed by atoms with Crippen LogP contribution in [-0.2, 0) is 0 Å². The number of nitrogens with zero attached hydrogens (tertiary/aromatic N) is 4. The van der Waals surface area contributed by atoms with Gasteiger partial charge in [0.25, 0.3) is 11.8 Å². The normalized spacial score (nSPS) is 13.3. The minimum Gasteiger partial charge on any atom is -0.325 e. The molecule has 10 rings (SSSR count). The summed E-state index contributed by atoms with van der Waals surface area (Å²) in [6.07, 6.45) is 0. The smallest absolute Gasteiger partial charge is 0.257 e. The van der Waals surface area contributed by atoms with Crippen molar-refractivity contribution in [2.75, 3.05) is 5.32 Å². The molecule has 4 heterocycles. The lowest BCUT2D eigenvalue weighted by molar-refractivity contribution is 0.0975. The lowest BCUT2D eigenvalue weighted by Gasteiger charge is -2.10. The number of hydrogen-bond acceptors (Lipinski definition) is 7. The molecule has 13 heteroatoms. The first-order valence-electron chi connectivity index (χ1n) is 19.8. The summed E-state index contributed by atoms with van der Waals surface area (Å²) >= 11 is 2.56. The average molecular weight is 866 g/mol. The highest BCUT2D eigenvalue weighted by atomic mass is 32.1. The van der Waals surface area contributed by atoms with E-state index in [-0.39, 0.29) is 23.5 Å². The maximum Gasteiger partial charge on any atom is 0.257 e. The standard InChI is InChI=1S/C50H33F2N7O2S2/c1-27-13-9-11-19-33(27)47(60)58-45-41(49-53-35-23-21-31(51)25-37(35)62-49)39(29-15-5-3-6-16-29)43(56-45)55-44-40(30-17-7-4-8-18-30)42(50-54-36-24-22-32(52)26-38(36)63-50)46(57-44)59-48(61)34-20-12-10-14-28(34)2/h3-26,56H,1-2H3,(H,58,60)(H,55,57,59,61). The molecule has 1 aliphatic rings. The molecule has 0 saturated carbocycles. The number of nitrogens with one attached hydrogen (secondary N) is 3. The van der Waals surface area contributed by atoms with E-state index < -0.39 is 11.6 Å². The summed E-state index contributed by atoms with van der Waals surface area (Å²) < 4.78 is 30.4. The van der Waals surface area contributed by atoms with Gasteiger partial charge in [-0.05, 0) is 84.6 Å². The Balaban J connectivity index is 1.24. The number of carbonyl (C=O) groups is 2. The molecule has 0 bridgehead atoms.